The second-order valence-corrected chi connectivity index (χ2v) is 13.1. The molecule has 1 N–H and O–H groups in total. The zero-order valence-corrected chi connectivity index (χ0v) is 27.3. The average molecular weight is 641 g/mol. The van der Waals surface area contributed by atoms with Crippen LogP contribution in [-0.2, 0) is 5.41 Å². The highest BCUT2D eigenvalue weighted by Crippen LogP contribution is 2.62. The number of nitrogens with zero attached hydrogens (tertiary/aromatic N) is 1. The number of aliphatic imine (C=N–C) groups is 1. The third-order valence-electron chi connectivity index (χ3n) is 10.4. The Hall–Kier alpha value is -6.45. The first-order valence-corrected chi connectivity index (χ1v) is 17.2. The van der Waals surface area contributed by atoms with Crippen LogP contribution >= 0.6 is 0 Å². The first-order chi connectivity index (χ1) is 24.8. The zero-order chi connectivity index (χ0) is 33.1. The number of nitrogens with one attached hydrogen (secondary N) is 1. The Morgan fingerprint density at radius 2 is 1.00 bits per heavy atom. The van der Waals surface area contributed by atoms with Gasteiger partial charge in [0.25, 0.3) is 0 Å². The Kier molecular flexibility index (Phi) is 6.47. The lowest BCUT2D eigenvalue weighted by Gasteiger charge is -2.39. The van der Waals surface area contributed by atoms with Crippen molar-refractivity contribution in [3.8, 4) is 33.8 Å². The minimum atomic E-state index is -0.528. The van der Waals surface area contributed by atoms with Gasteiger partial charge in [0, 0.05) is 22.4 Å². The molecule has 3 heteroatoms. The molecule has 7 aromatic rings. The van der Waals surface area contributed by atoms with Crippen molar-refractivity contribution in [1.82, 2.24) is 5.32 Å². The first-order valence-electron chi connectivity index (χ1n) is 17.2. The van der Waals surface area contributed by atoms with E-state index in [0.717, 1.165) is 50.7 Å². The normalized spacial score (nSPS) is 16.1. The predicted molar refractivity (Wildman–Crippen MR) is 203 cm³/mol. The molecule has 3 aliphatic rings. The number of rotatable bonds is 4. The van der Waals surface area contributed by atoms with Crippen molar-refractivity contribution in [3.05, 3.63) is 221 Å². The molecule has 0 saturated heterocycles. The molecule has 0 saturated carbocycles. The van der Waals surface area contributed by atoms with E-state index in [1.54, 1.807) is 0 Å². The Morgan fingerprint density at radius 1 is 0.460 bits per heavy atom. The van der Waals surface area contributed by atoms with Crippen LogP contribution in [0.2, 0.25) is 0 Å². The van der Waals surface area contributed by atoms with E-state index in [-0.39, 0.29) is 6.17 Å². The summed E-state index contributed by atoms with van der Waals surface area (Å²) >= 11 is 0. The third-order valence-corrected chi connectivity index (χ3v) is 10.4. The van der Waals surface area contributed by atoms with E-state index in [0.29, 0.717) is 0 Å². The fraction of sp³-hybridized carbons (Fsp3) is 0.0426. The largest absolute Gasteiger partial charge is 0.457 e. The number of ether oxygens (including phenoxy) is 1. The summed E-state index contributed by atoms with van der Waals surface area (Å²) in [6.45, 7) is 0. The van der Waals surface area contributed by atoms with Crippen LogP contribution in [0.4, 0.5) is 0 Å². The van der Waals surface area contributed by atoms with Crippen molar-refractivity contribution in [2.45, 2.75) is 11.6 Å². The molecule has 50 heavy (non-hydrogen) atoms. The van der Waals surface area contributed by atoms with Gasteiger partial charge in [-0.25, -0.2) is 0 Å². The van der Waals surface area contributed by atoms with Gasteiger partial charge in [-0.05, 0) is 62.7 Å². The molecule has 1 atom stereocenters. The second-order valence-electron chi connectivity index (χ2n) is 13.1. The molecule has 2 heterocycles. The maximum atomic E-state index is 6.56. The highest BCUT2D eigenvalue weighted by atomic mass is 16.5. The summed E-state index contributed by atoms with van der Waals surface area (Å²) in [5, 5.41) is 3.88. The first kappa shape index (κ1) is 28.6. The minimum Gasteiger partial charge on any atom is -0.457 e. The van der Waals surface area contributed by atoms with Crippen LogP contribution in [0.25, 0.3) is 28.0 Å². The van der Waals surface area contributed by atoms with E-state index in [1.165, 1.54) is 33.4 Å². The summed E-state index contributed by atoms with van der Waals surface area (Å²) in [6.07, 6.45) is 1.87. The molecule has 3 nitrogen and oxygen atoms in total. The summed E-state index contributed by atoms with van der Waals surface area (Å²) < 4.78 is 6.56. The quantitative estimate of drug-likeness (QED) is 0.208. The van der Waals surface area contributed by atoms with Gasteiger partial charge in [-0.3, -0.25) is 4.99 Å². The predicted octanol–water partition coefficient (Wildman–Crippen LogP) is 11.0. The van der Waals surface area contributed by atoms with Crippen molar-refractivity contribution in [2.75, 3.05) is 0 Å². The fourth-order valence-corrected chi connectivity index (χ4v) is 8.25. The summed E-state index contributed by atoms with van der Waals surface area (Å²) in [4.78, 5) is 5.44. The van der Waals surface area contributed by atoms with Crippen LogP contribution in [0, 0.1) is 0 Å². The molecular formula is C47H32N2O. The molecular weight excluding hydrogens is 609 g/mol. The number of hydrogen-bond acceptors (Lipinski definition) is 3. The smallest absolute Gasteiger partial charge is 0.146 e. The van der Waals surface area contributed by atoms with E-state index in [9.17, 15) is 0 Å². The minimum absolute atomic E-state index is 0.317. The Morgan fingerprint density at radius 3 is 1.70 bits per heavy atom. The van der Waals surface area contributed by atoms with Crippen molar-refractivity contribution >= 4 is 11.4 Å². The lowest BCUT2D eigenvalue weighted by Crippen LogP contribution is -2.32. The Balaban J connectivity index is 1.17. The monoisotopic (exact) mass is 640 g/mol. The van der Waals surface area contributed by atoms with E-state index >= 15 is 0 Å². The summed E-state index contributed by atoms with van der Waals surface area (Å²) in [7, 11) is 0. The van der Waals surface area contributed by atoms with E-state index in [2.05, 4.69) is 187 Å². The number of benzene rings is 7. The number of allylic oxidation sites excluding steroid dienone is 1. The standard InChI is InChI=1S/C47H32N2O/c1-3-14-31(15-4-1)32-26-28-34(29-27-32)42-30-41(33-16-5-2-6-17-33)48-46(49-42)36-19-13-23-40-45(36)35-18-7-8-20-37(35)47(40)38-21-9-11-24-43(38)50-44-25-12-10-22-39(44)47/h1-30,46,49H. The Bertz CT molecular complexity index is 2430. The topological polar surface area (TPSA) is 33.6 Å². The van der Waals surface area contributed by atoms with Gasteiger partial charge in [0.05, 0.1) is 11.1 Å². The average Bonchev–Trinajstić information content (AvgIpc) is 3.49. The number of hydrogen-bond donors (Lipinski definition) is 1. The van der Waals surface area contributed by atoms with Crippen LogP contribution in [-0.4, -0.2) is 5.71 Å². The molecule has 1 aliphatic carbocycles. The molecule has 0 fully saturated rings. The van der Waals surface area contributed by atoms with Crippen LogP contribution in [0.3, 0.4) is 0 Å². The molecule has 2 aliphatic heterocycles. The zero-order valence-electron chi connectivity index (χ0n) is 27.3. The van der Waals surface area contributed by atoms with Crippen molar-refractivity contribution in [1.29, 1.82) is 0 Å². The highest BCUT2D eigenvalue weighted by Gasteiger charge is 2.51. The van der Waals surface area contributed by atoms with E-state index < -0.39 is 5.41 Å². The van der Waals surface area contributed by atoms with Gasteiger partial charge in [-0.15, -0.1) is 0 Å². The van der Waals surface area contributed by atoms with E-state index in [4.69, 9.17) is 9.73 Å². The Labute approximate surface area is 291 Å². The van der Waals surface area contributed by atoms with Gasteiger partial charge in [-0.1, -0.05) is 164 Å². The third kappa shape index (κ3) is 4.27. The summed E-state index contributed by atoms with van der Waals surface area (Å²) in [5.41, 5.74) is 14.5. The van der Waals surface area contributed by atoms with Crippen molar-refractivity contribution in [3.63, 3.8) is 0 Å². The molecule has 0 radical (unpaired) electrons. The molecule has 1 spiro atoms. The lowest BCUT2D eigenvalue weighted by molar-refractivity contribution is 0.436. The molecule has 0 aromatic heterocycles. The number of para-hydroxylation sites is 2. The molecule has 10 rings (SSSR count). The lowest BCUT2D eigenvalue weighted by atomic mass is 9.66. The van der Waals surface area contributed by atoms with Crippen LogP contribution in [0.15, 0.2) is 187 Å². The van der Waals surface area contributed by atoms with Crippen molar-refractivity contribution in [2.24, 2.45) is 4.99 Å². The molecule has 0 bridgehead atoms. The highest BCUT2D eigenvalue weighted by molar-refractivity contribution is 6.13. The molecule has 7 aromatic carbocycles. The maximum Gasteiger partial charge on any atom is 0.146 e. The maximum absolute atomic E-state index is 6.56. The molecule has 1 unspecified atom stereocenters. The fourth-order valence-electron chi connectivity index (χ4n) is 8.25. The van der Waals surface area contributed by atoms with Crippen LogP contribution in [0.5, 0.6) is 11.5 Å². The van der Waals surface area contributed by atoms with Crippen LogP contribution in [0.1, 0.15) is 45.1 Å². The van der Waals surface area contributed by atoms with Gasteiger partial charge in [0.15, 0.2) is 0 Å². The van der Waals surface area contributed by atoms with Gasteiger partial charge < -0.3 is 10.1 Å². The summed E-state index contributed by atoms with van der Waals surface area (Å²) in [5.74, 6) is 1.78. The van der Waals surface area contributed by atoms with Crippen LogP contribution < -0.4 is 10.1 Å². The van der Waals surface area contributed by atoms with Gasteiger partial charge in [-0.2, -0.15) is 0 Å². The molecule has 236 valence electrons. The summed E-state index contributed by atoms with van der Waals surface area (Å²) in [6, 6.07) is 62.5. The van der Waals surface area contributed by atoms with E-state index in [1.807, 2.05) is 0 Å². The molecule has 0 amide bonds. The SMILES string of the molecule is C1=C(c2ccc(-c3ccccc3)cc2)NC(c2cccc3c2-c2ccccc2C32c3ccccc3Oc3ccccc32)N=C1c1ccccc1. The van der Waals surface area contributed by atoms with Gasteiger partial charge in [0.2, 0.25) is 0 Å². The van der Waals surface area contributed by atoms with Gasteiger partial charge in [0.1, 0.15) is 17.7 Å². The second kappa shape index (κ2) is 11.3. The van der Waals surface area contributed by atoms with Crippen molar-refractivity contribution < 1.29 is 4.74 Å². The number of fused-ring (bicyclic) bond motifs is 9. The van der Waals surface area contributed by atoms with Gasteiger partial charge >= 0.3 is 0 Å².